The van der Waals surface area contributed by atoms with Gasteiger partial charge >= 0.3 is 0 Å². The van der Waals surface area contributed by atoms with Crippen LogP contribution in [0.25, 0.3) is 16.8 Å². The van der Waals surface area contributed by atoms with Crippen LogP contribution in [0, 0.1) is 11.3 Å². The smallest absolute Gasteiger partial charge is 0.266 e. The van der Waals surface area contributed by atoms with Gasteiger partial charge in [-0.05, 0) is 46.7 Å². The highest BCUT2D eigenvalue weighted by Gasteiger charge is 2.15. The summed E-state index contributed by atoms with van der Waals surface area (Å²) in [5.41, 5.74) is 1.98. The van der Waals surface area contributed by atoms with Crippen molar-refractivity contribution in [1.29, 1.82) is 5.26 Å². The number of para-hydroxylation sites is 1. The molecule has 5 nitrogen and oxygen atoms in total. The molecular formula is C28H21ClN2O3. The number of nitriles is 1. The van der Waals surface area contributed by atoms with Gasteiger partial charge in [-0.3, -0.25) is 4.79 Å². The lowest BCUT2D eigenvalue weighted by molar-refractivity contribution is -0.112. The first kappa shape index (κ1) is 22.9. The number of hydrogen-bond acceptors (Lipinski definition) is 4. The van der Waals surface area contributed by atoms with Gasteiger partial charge in [-0.15, -0.1) is 0 Å². The quantitative estimate of drug-likeness (QED) is 0.244. The molecule has 0 aliphatic rings. The number of amides is 1. The number of methoxy groups -OCH3 is 1. The summed E-state index contributed by atoms with van der Waals surface area (Å²) in [6.07, 6.45) is 1.49. The van der Waals surface area contributed by atoms with E-state index in [0.717, 1.165) is 16.3 Å². The third-order valence-corrected chi connectivity index (χ3v) is 5.46. The Morgan fingerprint density at radius 2 is 1.79 bits per heavy atom. The Hall–Kier alpha value is -4.27. The second kappa shape index (κ2) is 10.6. The van der Waals surface area contributed by atoms with Crippen LogP contribution in [0.5, 0.6) is 11.5 Å². The summed E-state index contributed by atoms with van der Waals surface area (Å²) in [6.45, 7) is 0.291. The summed E-state index contributed by atoms with van der Waals surface area (Å²) in [4.78, 5) is 12.7. The fourth-order valence-electron chi connectivity index (χ4n) is 3.60. The van der Waals surface area contributed by atoms with Gasteiger partial charge < -0.3 is 14.8 Å². The lowest BCUT2D eigenvalue weighted by atomic mass is 10.1. The monoisotopic (exact) mass is 468 g/mol. The van der Waals surface area contributed by atoms with Gasteiger partial charge in [0.25, 0.3) is 5.91 Å². The van der Waals surface area contributed by atoms with Crippen LogP contribution in [0.15, 0.2) is 90.5 Å². The fraction of sp³-hybridized carbons (Fsp3) is 0.0714. The maximum atomic E-state index is 12.7. The lowest BCUT2D eigenvalue weighted by Gasteiger charge is -2.15. The molecule has 6 heteroatoms. The van der Waals surface area contributed by atoms with Crippen molar-refractivity contribution in [2.75, 3.05) is 12.4 Å². The van der Waals surface area contributed by atoms with Crippen LogP contribution in [0.4, 0.5) is 5.69 Å². The zero-order chi connectivity index (χ0) is 23.9. The molecule has 1 amide bonds. The Bertz CT molecular complexity index is 1420. The summed E-state index contributed by atoms with van der Waals surface area (Å²) in [7, 11) is 1.55. The summed E-state index contributed by atoms with van der Waals surface area (Å²) >= 11 is 5.99. The van der Waals surface area contributed by atoms with Crippen molar-refractivity contribution in [2.45, 2.75) is 6.61 Å². The molecule has 0 radical (unpaired) electrons. The van der Waals surface area contributed by atoms with Gasteiger partial charge in [-0.25, -0.2) is 0 Å². The standard InChI is InChI=1S/C28H21ClN2O3/c1-33-26-14-5-9-20(15-22(17-30)28(32)31-24-12-6-11-23(29)16-24)27(26)34-18-21-10-4-8-19-7-2-3-13-25(19)21/h2-16H,18H2,1H3,(H,31,32)/b22-15+. The van der Waals surface area contributed by atoms with E-state index in [1.54, 1.807) is 49.6 Å². The number of halogens is 1. The molecule has 34 heavy (non-hydrogen) atoms. The van der Waals surface area contributed by atoms with Crippen molar-refractivity contribution in [3.63, 3.8) is 0 Å². The number of hydrogen-bond donors (Lipinski definition) is 1. The van der Waals surface area contributed by atoms with Crippen molar-refractivity contribution >= 4 is 40.0 Å². The number of rotatable bonds is 7. The van der Waals surface area contributed by atoms with Gasteiger partial charge in [0, 0.05) is 16.3 Å². The first-order valence-electron chi connectivity index (χ1n) is 10.5. The molecule has 0 spiro atoms. The van der Waals surface area contributed by atoms with E-state index in [4.69, 9.17) is 21.1 Å². The second-order valence-electron chi connectivity index (χ2n) is 7.44. The van der Waals surface area contributed by atoms with E-state index in [9.17, 15) is 10.1 Å². The highest BCUT2D eigenvalue weighted by atomic mass is 35.5. The van der Waals surface area contributed by atoms with E-state index in [1.165, 1.54) is 6.08 Å². The van der Waals surface area contributed by atoms with Gasteiger partial charge in [0.1, 0.15) is 18.2 Å². The predicted octanol–water partition coefficient (Wildman–Crippen LogP) is 6.63. The average molecular weight is 469 g/mol. The number of ether oxygens (including phenoxy) is 2. The third kappa shape index (κ3) is 5.20. The molecule has 4 rings (SSSR count). The van der Waals surface area contributed by atoms with Crippen LogP contribution >= 0.6 is 11.6 Å². The molecule has 0 atom stereocenters. The molecule has 4 aromatic carbocycles. The number of anilines is 1. The molecule has 0 saturated heterocycles. The number of fused-ring (bicyclic) bond motifs is 1. The lowest BCUT2D eigenvalue weighted by Crippen LogP contribution is -2.13. The summed E-state index contributed by atoms with van der Waals surface area (Å²) < 4.78 is 11.7. The van der Waals surface area contributed by atoms with Crippen LogP contribution < -0.4 is 14.8 Å². The van der Waals surface area contributed by atoms with Gasteiger partial charge in [-0.1, -0.05) is 72.3 Å². The Morgan fingerprint density at radius 3 is 2.59 bits per heavy atom. The van der Waals surface area contributed by atoms with E-state index in [1.807, 2.05) is 48.5 Å². The van der Waals surface area contributed by atoms with Crippen LogP contribution in [0.2, 0.25) is 5.02 Å². The van der Waals surface area contributed by atoms with Gasteiger partial charge in [-0.2, -0.15) is 5.26 Å². The van der Waals surface area contributed by atoms with Gasteiger partial charge in [0.05, 0.1) is 7.11 Å². The van der Waals surface area contributed by atoms with Crippen molar-refractivity contribution in [2.24, 2.45) is 0 Å². The van der Waals surface area contributed by atoms with Gasteiger partial charge in [0.15, 0.2) is 11.5 Å². The van der Waals surface area contributed by atoms with Crippen LogP contribution in [0.1, 0.15) is 11.1 Å². The molecule has 168 valence electrons. The molecule has 0 aliphatic carbocycles. The minimum absolute atomic E-state index is 0.0803. The number of nitrogens with zero attached hydrogens (tertiary/aromatic N) is 1. The number of nitrogens with one attached hydrogen (secondary N) is 1. The zero-order valence-electron chi connectivity index (χ0n) is 18.4. The number of carbonyl (C=O) groups excluding carboxylic acids is 1. The molecule has 0 fully saturated rings. The minimum Gasteiger partial charge on any atom is -0.493 e. The van der Waals surface area contributed by atoms with Crippen molar-refractivity contribution in [3.05, 3.63) is 107 Å². The maximum absolute atomic E-state index is 12.7. The SMILES string of the molecule is COc1cccc(/C=C(\C#N)C(=O)Nc2cccc(Cl)c2)c1OCc1cccc2ccccc12. The highest BCUT2D eigenvalue weighted by Crippen LogP contribution is 2.34. The molecule has 1 N–H and O–H groups in total. The van der Waals surface area contributed by atoms with Crippen molar-refractivity contribution in [3.8, 4) is 17.6 Å². The first-order valence-corrected chi connectivity index (χ1v) is 10.9. The van der Waals surface area contributed by atoms with Gasteiger partial charge in [0.2, 0.25) is 0 Å². The molecule has 0 bridgehead atoms. The van der Waals surface area contributed by atoms with E-state index >= 15 is 0 Å². The van der Waals surface area contributed by atoms with Crippen molar-refractivity contribution < 1.29 is 14.3 Å². The molecular weight excluding hydrogens is 448 g/mol. The molecule has 0 aromatic heterocycles. The van der Waals surface area contributed by atoms with E-state index in [2.05, 4.69) is 5.32 Å². The first-order chi connectivity index (χ1) is 16.6. The summed E-state index contributed by atoms with van der Waals surface area (Å²) in [5, 5.41) is 15.0. The molecule has 0 saturated carbocycles. The van der Waals surface area contributed by atoms with E-state index in [0.29, 0.717) is 34.4 Å². The summed E-state index contributed by atoms with van der Waals surface area (Å²) in [6, 6.07) is 28.1. The fourth-order valence-corrected chi connectivity index (χ4v) is 3.79. The molecule has 0 heterocycles. The third-order valence-electron chi connectivity index (χ3n) is 5.23. The van der Waals surface area contributed by atoms with E-state index in [-0.39, 0.29) is 5.57 Å². The topological polar surface area (TPSA) is 71.3 Å². The predicted molar refractivity (Wildman–Crippen MR) is 135 cm³/mol. The second-order valence-corrected chi connectivity index (χ2v) is 7.88. The van der Waals surface area contributed by atoms with Crippen LogP contribution in [-0.4, -0.2) is 13.0 Å². The van der Waals surface area contributed by atoms with Crippen molar-refractivity contribution in [1.82, 2.24) is 0 Å². The Morgan fingerprint density at radius 1 is 1.03 bits per heavy atom. The Labute approximate surface area is 202 Å². The van der Waals surface area contributed by atoms with Crippen LogP contribution in [0.3, 0.4) is 0 Å². The number of carbonyl (C=O) groups is 1. The zero-order valence-corrected chi connectivity index (χ0v) is 19.2. The Kier molecular flexibility index (Phi) is 7.12. The molecule has 0 unspecified atom stereocenters. The average Bonchev–Trinajstić information content (AvgIpc) is 2.86. The molecule has 0 aliphatic heterocycles. The largest absolute Gasteiger partial charge is 0.493 e. The molecule has 4 aromatic rings. The maximum Gasteiger partial charge on any atom is 0.266 e. The Balaban J connectivity index is 1.63. The highest BCUT2D eigenvalue weighted by molar-refractivity contribution is 6.31. The number of benzene rings is 4. The van der Waals surface area contributed by atoms with E-state index < -0.39 is 5.91 Å². The summed E-state index contributed by atoms with van der Waals surface area (Å²) in [5.74, 6) is 0.398. The normalized spacial score (nSPS) is 11.0. The van der Waals surface area contributed by atoms with Crippen LogP contribution in [-0.2, 0) is 11.4 Å². The minimum atomic E-state index is -0.549.